The van der Waals surface area contributed by atoms with Gasteiger partial charge in [-0.2, -0.15) is 0 Å². The van der Waals surface area contributed by atoms with Gasteiger partial charge >= 0.3 is 12.0 Å². The molecule has 1 rings (SSSR count). The highest BCUT2D eigenvalue weighted by Gasteiger charge is 2.26. The molecule has 1 unspecified atom stereocenters. The van der Waals surface area contributed by atoms with Gasteiger partial charge in [0.05, 0.1) is 12.0 Å². The fourth-order valence-corrected chi connectivity index (χ4v) is 2.36. The first-order chi connectivity index (χ1) is 9.06. The van der Waals surface area contributed by atoms with E-state index < -0.39 is 5.97 Å². The Morgan fingerprint density at radius 3 is 2.47 bits per heavy atom. The van der Waals surface area contributed by atoms with E-state index in [0.717, 1.165) is 12.8 Å². The van der Waals surface area contributed by atoms with Crippen LogP contribution in [-0.4, -0.2) is 29.2 Å². The summed E-state index contributed by atoms with van der Waals surface area (Å²) in [6.07, 6.45) is 9.66. The number of terminal acetylenes is 1. The molecular formula is C14H22N2O3. The van der Waals surface area contributed by atoms with Crippen molar-refractivity contribution in [3.05, 3.63) is 0 Å². The van der Waals surface area contributed by atoms with Crippen LogP contribution in [0.15, 0.2) is 0 Å². The summed E-state index contributed by atoms with van der Waals surface area (Å²) < 4.78 is 0. The van der Waals surface area contributed by atoms with Crippen LogP contribution in [0.2, 0.25) is 0 Å². The fourth-order valence-electron chi connectivity index (χ4n) is 2.36. The van der Waals surface area contributed by atoms with Gasteiger partial charge < -0.3 is 15.7 Å². The second kappa shape index (κ2) is 7.67. The van der Waals surface area contributed by atoms with Gasteiger partial charge in [-0.25, -0.2) is 4.79 Å². The van der Waals surface area contributed by atoms with E-state index >= 15 is 0 Å². The van der Waals surface area contributed by atoms with Crippen molar-refractivity contribution in [2.24, 2.45) is 5.92 Å². The van der Waals surface area contributed by atoms with Gasteiger partial charge in [-0.1, -0.05) is 19.3 Å². The van der Waals surface area contributed by atoms with Crippen LogP contribution < -0.4 is 10.6 Å². The second-order valence-corrected chi connectivity index (χ2v) is 5.01. The molecule has 0 bridgehead atoms. The number of amides is 2. The monoisotopic (exact) mass is 266 g/mol. The molecule has 0 saturated heterocycles. The lowest BCUT2D eigenvalue weighted by Gasteiger charge is -2.27. The molecule has 0 aliphatic heterocycles. The Kier molecular flexibility index (Phi) is 6.20. The highest BCUT2D eigenvalue weighted by molar-refractivity contribution is 5.75. The largest absolute Gasteiger partial charge is 0.481 e. The van der Waals surface area contributed by atoms with E-state index in [9.17, 15) is 9.59 Å². The third kappa shape index (κ3) is 5.21. The number of hydrogen-bond acceptors (Lipinski definition) is 2. The fraction of sp³-hybridized carbons (Fsp3) is 0.714. The van der Waals surface area contributed by atoms with Gasteiger partial charge in [0.2, 0.25) is 0 Å². The van der Waals surface area contributed by atoms with Gasteiger partial charge in [0, 0.05) is 6.04 Å². The van der Waals surface area contributed by atoms with E-state index in [1.807, 2.05) is 6.92 Å². The van der Waals surface area contributed by atoms with E-state index in [1.165, 1.54) is 0 Å². The Bertz CT molecular complexity index is 354. The van der Waals surface area contributed by atoms with E-state index in [0.29, 0.717) is 25.7 Å². The smallest absolute Gasteiger partial charge is 0.315 e. The number of carbonyl (C=O) groups excluding carboxylic acids is 1. The summed E-state index contributed by atoms with van der Waals surface area (Å²) in [6, 6.07) is -0.439. The third-order valence-corrected chi connectivity index (χ3v) is 3.50. The van der Waals surface area contributed by atoms with Crippen molar-refractivity contribution in [2.45, 2.75) is 57.5 Å². The topological polar surface area (TPSA) is 78.4 Å². The van der Waals surface area contributed by atoms with E-state index in [4.69, 9.17) is 11.5 Å². The summed E-state index contributed by atoms with van der Waals surface area (Å²) in [6.45, 7) is 2.01. The molecule has 0 spiro atoms. The van der Waals surface area contributed by atoms with Crippen LogP contribution in [0, 0.1) is 18.3 Å². The van der Waals surface area contributed by atoms with E-state index in [-0.39, 0.29) is 24.0 Å². The number of rotatable bonds is 5. The molecule has 0 radical (unpaired) electrons. The van der Waals surface area contributed by atoms with Gasteiger partial charge in [-0.05, 0) is 32.1 Å². The molecule has 0 aromatic rings. The normalized spacial score (nSPS) is 24.0. The van der Waals surface area contributed by atoms with Crippen LogP contribution in [0.3, 0.4) is 0 Å². The molecule has 5 nitrogen and oxygen atoms in total. The van der Waals surface area contributed by atoms with Crippen molar-refractivity contribution < 1.29 is 14.7 Å². The second-order valence-electron chi connectivity index (χ2n) is 5.01. The lowest BCUT2D eigenvalue weighted by atomic mass is 9.86. The highest BCUT2D eigenvalue weighted by atomic mass is 16.4. The zero-order valence-electron chi connectivity index (χ0n) is 11.3. The SMILES string of the molecule is C#CC(CCC)NC(=O)NC1CCC(C(=O)O)CC1. The molecule has 1 saturated carbocycles. The van der Waals surface area contributed by atoms with Crippen LogP contribution in [0.5, 0.6) is 0 Å². The van der Waals surface area contributed by atoms with Crippen molar-refractivity contribution in [1.82, 2.24) is 10.6 Å². The number of aliphatic carboxylic acids is 1. The summed E-state index contributed by atoms with van der Waals surface area (Å²) in [5, 5.41) is 14.5. The molecule has 1 atom stereocenters. The summed E-state index contributed by atoms with van der Waals surface area (Å²) in [5.74, 6) is 1.54. The molecule has 106 valence electrons. The van der Waals surface area contributed by atoms with Gasteiger partial charge in [0.25, 0.3) is 0 Å². The maximum absolute atomic E-state index is 11.7. The van der Waals surface area contributed by atoms with Crippen LogP contribution in [0.4, 0.5) is 4.79 Å². The maximum Gasteiger partial charge on any atom is 0.315 e. The summed E-state index contributed by atoms with van der Waals surface area (Å²) >= 11 is 0. The van der Waals surface area contributed by atoms with Crippen LogP contribution in [0.1, 0.15) is 45.4 Å². The third-order valence-electron chi connectivity index (χ3n) is 3.50. The van der Waals surface area contributed by atoms with Gasteiger partial charge in [-0.3, -0.25) is 4.79 Å². The van der Waals surface area contributed by atoms with Crippen molar-refractivity contribution in [3.8, 4) is 12.3 Å². The van der Waals surface area contributed by atoms with Crippen LogP contribution >= 0.6 is 0 Å². The molecule has 5 heteroatoms. The van der Waals surface area contributed by atoms with Crippen molar-refractivity contribution in [3.63, 3.8) is 0 Å². The number of nitrogens with one attached hydrogen (secondary N) is 2. The number of urea groups is 1. The lowest BCUT2D eigenvalue weighted by Crippen LogP contribution is -2.47. The minimum absolute atomic E-state index is 0.0515. The van der Waals surface area contributed by atoms with E-state index in [2.05, 4.69) is 16.6 Å². The summed E-state index contributed by atoms with van der Waals surface area (Å²) in [7, 11) is 0. The lowest BCUT2D eigenvalue weighted by molar-refractivity contribution is -0.142. The Hall–Kier alpha value is -1.70. The first-order valence-corrected chi connectivity index (χ1v) is 6.82. The molecule has 19 heavy (non-hydrogen) atoms. The highest BCUT2D eigenvalue weighted by Crippen LogP contribution is 2.24. The van der Waals surface area contributed by atoms with Crippen molar-refractivity contribution >= 4 is 12.0 Å². The number of carbonyl (C=O) groups is 2. The molecular weight excluding hydrogens is 244 g/mol. The zero-order chi connectivity index (χ0) is 14.3. The zero-order valence-corrected chi connectivity index (χ0v) is 11.3. The number of hydrogen-bond donors (Lipinski definition) is 3. The molecule has 1 aliphatic rings. The molecule has 2 amide bonds. The number of carboxylic acid groups (broad SMARTS) is 1. The maximum atomic E-state index is 11.7. The average molecular weight is 266 g/mol. The number of carboxylic acids is 1. The van der Waals surface area contributed by atoms with Gasteiger partial charge in [-0.15, -0.1) is 6.42 Å². The summed E-state index contributed by atoms with van der Waals surface area (Å²) in [5.41, 5.74) is 0. The van der Waals surface area contributed by atoms with E-state index in [1.54, 1.807) is 0 Å². The van der Waals surface area contributed by atoms with Crippen molar-refractivity contribution in [2.75, 3.05) is 0 Å². The molecule has 0 aromatic carbocycles. The standard InChI is InChI=1S/C14H22N2O3/c1-3-5-11(4-2)15-14(19)16-12-8-6-10(7-9-12)13(17)18/h2,10-12H,3,5-9H2,1H3,(H,17,18)(H2,15,16,19). The Morgan fingerprint density at radius 1 is 1.37 bits per heavy atom. The Morgan fingerprint density at radius 2 is 2.00 bits per heavy atom. The first kappa shape index (κ1) is 15.4. The Balaban J connectivity index is 2.30. The quantitative estimate of drug-likeness (QED) is 0.663. The summed E-state index contributed by atoms with van der Waals surface area (Å²) in [4.78, 5) is 22.6. The minimum atomic E-state index is -0.738. The molecule has 3 N–H and O–H groups in total. The predicted molar refractivity (Wildman–Crippen MR) is 72.6 cm³/mol. The molecule has 1 aliphatic carbocycles. The van der Waals surface area contributed by atoms with Crippen LogP contribution in [-0.2, 0) is 4.79 Å². The minimum Gasteiger partial charge on any atom is -0.481 e. The average Bonchev–Trinajstić information content (AvgIpc) is 2.38. The van der Waals surface area contributed by atoms with Gasteiger partial charge in [0.15, 0.2) is 0 Å². The van der Waals surface area contributed by atoms with Crippen LogP contribution in [0.25, 0.3) is 0 Å². The first-order valence-electron chi connectivity index (χ1n) is 6.82. The Labute approximate surface area is 114 Å². The molecule has 1 fully saturated rings. The molecule has 0 aromatic heterocycles. The van der Waals surface area contributed by atoms with Gasteiger partial charge in [0.1, 0.15) is 0 Å². The molecule has 0 heterocycles. The predicted octanol–water partition coefficient (Wildman–Crippen LogP) is 1.73. The van der Waals surface area contributed by atoms with Crippen molar-refractivity contribution in [1.29, 1.82) is 0 Å².